The lowest BCUT2D eigenvalue weighted by Crippen LogP contribution is -2.02. The van der Waals surface area contributed by atoms with Gasteiger partial charge in [0, 0.05) is 17.3 Å². The molecule has 0 radical (unpaired) electrons. The highest BCUT2D eigenvalue weighted by molar-refractivity contribution is 6.36. The van der Waals surface area contributed by atoms with Gasteiger partial charge < -0.3 is 9.82 Å². The van der Waals surface area contributed by atoms with Gasteiger partial charge in [-0.05, 0) is 11.6 Å². The highest BCUT2D eigenvalue weighted by atomic mass is 35.5. The van der Waals surface area contributed by atoms with Crippen LogP contribution in [0.25, 0.3) is 10.9 Å². The molecular formula is C17H13ClN2O. The van der Waals surface area contributed by atoms with E-state index in [2.05, 4.69) is 10.1 Å². The lowest BCUT2D eigenvalue weighted by atomic mass is 10.0. The third kappa shape index (κ3) is 2.10. The van der Waals surface area contributed by atoms with Gasteiger partial charge in [-0.15, -0.1) is 0 Å². The minimum atomic E-state index is -0.153. The van der Waals surface area contributed by atoms with Crippen molar-refractivity contribution in [2.24, 2.45) is 5.16 Å². The van der Waals surface area contributed by atoms with Crippen LogP contribution in [0, 0.1) is 0 Å². The van der Waals surface area contributed by atoms with Gasteiger partial charge in [-0.1, -0.05) is 65.3 Å². The van der Waals surface area contributed by atoms with Gasteiger partial charge in [-0.3, -0.25) is 0 Å². The molecule has 2 aromatic carbocycles. The van der Waals surface area contributed by atoms with Crippen molar-refractivity contribution in [3.8, 4) is 0 Å². The number of aromatic amines is 1. The van der Waals surface area contributed by atoms with Crippen LogP contribution in [0.1, 0.15) is 23.8 Å². The number of benzene rings is 2. The summed E-state index contributed by atoms with van der Waals surface area (Å²) in [7, 11) is 0. The Kier molecular flexibility index (Phi) is 2.93. The normalized spacial score (nSPS) is 17.8. The van der Waals surface area contributed by atoms with Crippen LogP contribution in [0.15, 0.2) is 59.8 Å². The highest BCUT2D eigenvalue weighted by Gasteiger charge is 2.27. The van der Waals surface area contributed by atoms with E-state index in [9.17, 15) is 0 Å². The van der Waals surface area contributed by atoms with Crippen LogP contribution >= 0.6 is 11.6 Å². The minimum absolute atomic E-state index is 0.153. The summed E-state index contributed by atoms with van der Waals surface area (Å²) in [6.07, 6.45) is 0.566. The molecule has 0 amide bonds. The maximum absolute atomic E-state index is 6.47. The molecule has 104 valence electrons. The van der Waals surface area contributed by atoms with Gasteiger partial charge in [-0.25, -0.2) is 0 Å². The molecule has 1 aliphatic rings. The molecule has 0 bridgehead atoms. The zero-order valence-corrected chi connectivity index (χ0v) is 12.0. The fourth-order valence-corrected chi connectivity index (χ4v) is 3.02. The summed E-state index contributed by atoms with van der Waals surface area (Å²) in [5.74, 6) is 0. The lowest BCUT2D eigenvalue weighted by Gasteiger charge is -2.06. The summed E-state index contributed by atoms with van der Waals surface area (Å²) in [4.78, 5) is 8.94. The average Bonchev–Trinajstić information content (AvgIpc) is 3.14. The Morgan fingerprint density at radius 1 is 1.05 bits per heavy atom. The third-order valence-corrected chi connectivity index (χ3v) is 4.17. The molecule has 0 saturated carbocycles. The van der Waals surface area contributed by atoms with Crippen molar-refractivity contribution < 1.29 is 4.84 Å². The van der Waals surface area contributed by atoms with Crippen molar-refractivity contribution in [2.45, 2.75) is 12.5 Å². The summed E-state index contributed by atoms with van der Waals surface area (Å²) in [5.41, 5.74) is 3.96. The average molecular weight is 297 g/mol. The summed E-state index contributed by atoms with van der Waals surface area (Å²) in [5, 5.41) is 5.95. The van der Waals surface area contributed by atoms with Crippen LogP contribution in [0.4, 0.5) is 0 Å². The smallest absolute Gasteiger partial charge is 0.174 e. The molecule has 1 aliphatic heterocycles. The molecule has 0 fully saturated rings. The first-order valence-electron chi connectivity index (χ1n) is 6.87. The van der Waals surface area contributed by atoms with Gasteiger partial charge in [0.25, 0.3) is 0 Å². The molecule has 1 atom stereocenters. The van der Waals surface area contributed by atoms with Crippen LogP contribution in [0.5, 0.6) is 0 Å². The second-order valence-corrected chi connectivity index (χ2v) is 5.48. The Balaban J connectivity index is 1.65. The van der Waals surface area contributed by atoms with E-state index in [-0.39, 0.29) is 6.10 Å². The van der Waals surface area contributed by atoms with E-state index in [0.717, 1.165) is 39.3 Å². The summed E-state index contributed by atoms with van der Waals surface area (Å²) in [6, 6.07) is 18.1. The highest BCUT2D eigenvalue weighted by Crippen LogP contribution is 2.37. The fourth-order valence-electron chi connectivity index (χ4n) is 2.68. The van der Waals surface area contributed by atoms with E-state index in [1.807, 2.05) is 54.6 Å². The quantitative estimate of drug-likeness (QED) is 0.732. The lowest BCUT2D eigenvalue weighted by molar-refractivity contribution is 0.0832. The Morgan fingerprint density at radius 2 is 1.81 bits per heavy atom. The molecular weight excluding hydrogens is 284 g/mol. The summed E-state index contributed by atoms with van der Waals surface area (Å²) < 4.78 is 0. The molecule has 1 N–H and O–H groups in total. The first-order valence-corrected chi connectivity index (χ1v) is 7.25. The number of rotatable bonds is 2. The molecule has 0 aliphatic carbocycles. The third-order valence-electron chi connectivity index (χ3n) is 3.77. The standard InChI is InChI=1S/C17H13ClN2O/c18-16-12-8-4-5-9-13(12)19-17(16)15-10-14(20-21-15)11-6-2-1-3-7-11/h1-9,15,19H,10H2. The Labute approximate surface area is 127 Å². The molecule has 4 rings (SSSR count). The number of H-pyrrole nitrogens is 1. The van der Waals surface area contributed by atoms with E-state index >= 15 is 0 Å². The van der Waals surface area contributed by atoms with Gasteiger partial charge in [-0.2, -0.15) is 0 Å². The van der Waals surface area contributed by atoms with Crippen molar-refractivity contribution in [2.75, 3.05) is 0 Å². The summed E-state index contributed by atoms with van der Waals surface area (Å²) >= 11 is 6.47. The van der Waals surface area contributed by atoms with Crippen molar-refractivity contribution in [3.05, 3.63) is 70.9 Å². The van der Waals surface area contributed by atoms with Gasteiger partial charge >= 0.3 is 0 Å². The van der Waals surface area contributed by atoms with Crippen molar-refractivity contribution in [3.63, 3.8) is 0 Å². The van der Waals surface area contributed by atoms with E-state index in [0.29, 0.717) is 0 Å². The number of halogens is 1. The molecule has 0 saturated heterocycles. The number of fused-ring (bicyclic) bond motifs is 1. The first-order chi connectivity index (χ1) is 10.3. The zero-order chi connectivity index (χ0) is 14.2. The van der Waals surface area contributed by atoms with Gasteiger partial charge in [0.15, 0.2) is 6.10 Å². The zero-order valence-electron chi connectivity index (χ0n) is 11.2. The van der Waals surface area contributed by atoms with Gasteiger partial charge in [0.1, 0.15) is 0 Å². The number of para-hydroxylation sites is 1. The van der Waals surface area contributed by atoms with Crippen LogP contribution in [-0.2, 0) is 4.84 Å². The molecule has 1 aromatic heterocycles. The number of nitrogens with zero attached hydrogens (tertiary/aromatic N) is 1. The Morgan fingerprint density at radius 3 is 2.62 bits per heavy atom. The van der Waals surface area contributed by atoms with E-state index in [1.54, 1.807) is 0 Å². The first kappa shape index (κ1) is 12.5. The Hall–Kier alpha value is -2.26. The number of oxime groups is 1. The maximum Gasteiger partial charge on any atom is 0.174 e. The molecule has 21 heavy (non-hydrogen) atoms. The number of nitrogens with one attached hydrogen (secondary N) is 1. The molecule has 4 heteroatoms. The second-order valence-electron chi connectivity index (χ2n) is 5.10. The molecule has 3 nitrogen and oxygen atoms in total. The summed E-state index contributed by atoms with van der Waals surface area (Å²) in [6.45, 7) is 0. The van der Waals surface area contributed by atoms with E-state index in [4.69, 9.17) is 16.4 Å². The van der Waals surface area contributed by atoms with Crippen molar-refractivity contribution in [1.29, 1.82) is 0 Å². The molecule has 0 spiro atoms. The predicted octanol–water partition coefficient (Wildman–Crippen LogP) is 4.69. The number of aromatic nitrogens is 1. The molecule has 3 aromatic rings. The van der Waals surface area contributed by atoms with E-state index in [1.165, 1.54) is 0 Å². The number of hydrogen-bond acceptors (Lipinski definition) is 2. The van der Waals surface area contributed by atoms with E-state index < -0.39 is 0 Å². The van der Waals surface area contributed by atoms with Gasteiger partial charge in [0.05, 0.1) is 16.4 Å². The van der Waals surface area contributed by atoms with Crippen LogP contribution in [0.3, 0.4) is 0 Å². The monoisotopic (exact) mass is 296 g/mol. The maximum atomic E-state index is 6.47. The second kappa shape index (κ2) is 4.93. The Bertz CT molecular complexity index is 823. The van der Waals surface area contributed by atoms with Crippen LogP contribution in [0.2, 0.25) is 5.02 Å². The SMILES string of the molecule is Clc1c(C2CC(c3ccccc3)=NO2)[nH]c2ccccc12. The van der Waals surface area contributed by atoms with Gasteiger partial charge in [0.2, 0.25) is 0 Å². The topological polar surface area (TPSA) is 37.4 Å². The van der Waals surface area contributed by atoms with Crippen LogP contribution in [-0.4, -0.2) is 10.7 Å². The predicted molar refractivity (Wildman–Crippen MR) is 84.7 cm³/mol. The van der Waals surface area contributed by atoms with Crippen LogP contribution < -0.4 is 0 Å². The van der Waals surface area contributed by atoms with Crippen molar-refractivity contribution in [1.82, 2.24) is 4.98 Å². The fraction of sp³-hybridized carbons (Fsp3) is 0.118. The molecule has 1 unspecified atom stereocenters. The van der Waals surface area contributed by atoms with Crippen molar-refractivity contribution >= 4 is 28.2 Å². The minimum Gasteiger partial charge on any atom is -0.385 e. The largest absolute Gasteiger partial charge is 0.385 e. The number of hydrogen-bond donors (Lipinski definition) is 1. The molecule has 2 heterocycles.